The highest BCUT2D eigenvalue weighted by Crippen LogP contribution is 2.14. The van der Waals surface area contributed by atoms with Crippen molar-refractivity contribution in [3.63, 3.8) is 0 Å². The maximum atomic E-state index is 12.0. The molecule has 0 saturated carbocycles. The van der Waals surface area contributed by atoms with Crippen LogP contribution in [0.3, 0.4) is 0 Å². The first kappa shape index (κ1) is 20.8. The van der Waals surface area contributed by atoms with Crippen LogP contribution in [0.4, 0.5) is 5.69 Å². The topological polar surface area (TPSA) is 73.9 Å². The van der Waals surface area contributed by atoms with Crippen LogP contribution in [0.15, 0.2) is 54.6 Å². The summed E-state index contributed by atoms with van der Waals surface area (Å²) >= 11 is 0. The fraction of sp³-hybridized carbons (Fsp3) is 0.364. The minimum atomic E-state index is -0.664. The molecule has 2 aromatic carbocycles. The minimum Gasteiger partial charge on any atom is -0.497 e. The van der Waals surface area contributed by atoms with Crippen LogP contribution in [-0.2, 0) is 16.1 Å². The first-order valence-corrected chi connectivity index (χ1v) is 9.86. The Morgan fingerprint density at radius 2 is 1.55 bits per heavy atom. The zero-order valence-corrected chi connectivity index (χ0v) is 16.8. The zero-order chi connectivity index (χ0) is 20.5. The van der Waals surface area contributed by atoms with E-state index in [0.29, 0.717) is 18.0 Å². The second kappa shape index (κ2) is 10.6. The van der Waals surface area contributed by atoms with Gasteiger partial charge in [-0.25, -0.2) is 0 Å². The normalized spacial score (nSPS) is 14.9. The minimum absolute atomic E-state index is 0.452. The Balaban J connectivity index is 1.32. The average molecular weight is 396 g/mol. The van der Waals surface area contributed by atoms with Crippen LogP contribution in [0, 0.1) is 0 Å². The Labute approximate surface area is 171 Å². The third-order valence-electron chi connectivity index (χ3n) is 4.98. The molecule has 154 valence electrons. The van der Waals surface area contributed by atoms with Gasteiger partial charge in [-0.05, 0) is 29.8 Å². The smallest absolute Gasteiger partial charge is 0.313 e. The summed E-state index contributed by atoms with van der Waals surface area (Å²) in [4.78, 5) is 28.7. The summed E-state index contributed by atoms with van der Waals surface area (Å²) in [5.74, 6) is -0.595. The van der Waals surface area contributed by atoms with Gasteiger partial charge in [0, 0.05) is 51.5 Å². The van der Waals surface area contributed by atoms with Crippen LogP contribution in [0.25, 0.3) is 0 Å². The van der Waals surface area contributed by atoms with Gasteiger partial charge < -0.3 is 15.4 Å². The molecule has 0 aromatic heterocycles. The number of rotatable bonds is 7. The third kappa shape index (κ3) is 6.58. The van der Waals surface area contributed by atoms with E-state index in [9.17, 15) is 9.59 Å². The maximum absolute atomic E-state index is 12.0. The molecule has 2 N–H and O–H groups in total. The number of benzene rings is 2. The standard InChI is InChI=1S/C22H28N4O3/c1-29-20-9-7-19(8-10-20)24-22(28)21(27)23-11-12-25-13-15-26(16-14-25)17-18-5-3-2-4-6-18/h2-10H,11-17H2,1H3,(H,23,27)(H,24,28). The zero-order valence-electron chi connectivity index (χ0n) is 16.8. The Morgan fingerprint density at radius 1 is 0.897 bits per heavy atom. The molecule has 1 fully saturated rings. The number of piperazine rings is 1. The lowest BCUT2D eigenvalue weighted by atomic mass is 10.2. The van der Waals surface area contributed by atoms with E-state index in [1.54, 1.807) is 31.4 Å². The van der Waals surface area contributed by atoms with Gasteiger partial charge in [0.15, 0.2) is 0 Å². The Morgan fingerprint density at radius 3 is 2.21 bits per heavy atom. The van der Waals surface area contributed by atoms with Gasteiger partial charge in [-0.1, -0.05) is 30.3 Å². The molecular formula is C22H28N4O3. The van der Waals surface area contributed by atoms with Crippen molar-refractivity contribution in [2.45, 2.75) is 6.54 Å². The van der Waals surface area contributed by atoms with Crippen LogP contribution in [0.1, 0.15) is 5.56 Å². The lowest BCUT2D eigenvalue weighted by Gasteiger charge is -2.34. The van der Waals surface area contributed by atoms with Gasteiger partial charge in [-0.3, -0.25) is 19.4 Å². The number of nitrogens with one attached hydrogen (secondary N) is 2. The van der Waals surface area contributed by atoms with Crippen LogP contribution in [0.2, 0.25) is 0 Å². The van der Waals surface area contributed by atoms with Crippen molar-refractivity contribution in [1.82, 2.24) is 15.1 Å². The van der Waals surface area contributed by atoms with Gasteiger partial charge in [0.2, 0.25) is 0 Å². The number of amides is 2. The van der Waals surface area contributed by atoms with Crippen LogP contribution >= 0.6 is 0 Å². The van der Waals surface area contributed by atoms with Gasteiger partial charge in [-0.2, -0.15) is 0 Å². The van der Waals surface area contributed by atoms with Crippen LogP contribution < -0.4 is 15.4 Å². The first-order valence-electron chi connectivity index (χ1n) is 9.86. The van der Waals surface area contributed by atoms with Crippen LogP contribution in [-0.4, -0.2) is 68.0 Å². The van der Waals surface area contributed by atoms with E-state index in [-0.39, 0.29) is 0 Å². The Bertz CT molecular complexity index is 787. The van der Waals surface area contributed by atoms with Gasteiger partial charge in [0.05, 0.1) is 7.11 Å². The number of nitrogens with zero attached hydrogens (tertiary/aromatic N) is 2. The lowest BCUT2D eigenvalue weighted by molar-refractivity contribution is -0.136. The largest absolute Gasteiger partial charge is 0.497 e. The van der Waals surface area contributed by atoms with Crippen molar-refractivity contribution in [3.05, 3.63) is 60.2 Å². The molecule has 1 saturated heterocycles. The van der Waals surface area contributed by atoms with E-state index in [1.807, 2.05) is 6.07 Å². The molecule has 29 heavy (non-hydrogen) atoms. The van der Waals surface area contributed by atoms with Gasteiger partial charge >= 0.3 is 11.8 Å². The Hall–Kier alpha value is -2.90. The number of hydrogen-bond acceptors (Lipinski definition) is 5. The summed E-state index contributed by atoms with van der Waals surface area (Å²) in [5, 5.41) is 5.28. The van der Waals surface area contributed by atoms with E-state index in [1.165, 1.54) is 5.56 Å². The molecule has 7 heteroatoms. The van der Waals surface area contributed by atoms with E-state index >= 15 is 0 Å². The van der Waals surface area contributed by atoms with Crippen molar-refractivity contribution in [3.8, 4) is 5.75 Å². The maximum Gasteiger partial charge on any atom is 0.313 e. The molecule has 0 atom stereocenters. The van der Waals surface area contributed by atoms with E-state index < -0.39 is 11.8 Å². The highest BCUT2D eigenvalue weighted by atomic mass is 16.5. The second-order valence-corrected chi connectivity index (χ2v) is 7.04. The molecule has 0 aliphatic carbocycles. The predicted molar refractivity (Wildman–Crippen MR) is 113 cm³/mol. The molecule has 0 unspecified atom stereocenters. The molecule has 2 aromatic rings. The predicted octanol–water partition coefficient (Wildman–Crippen LogP) is 1.57. The number of anilines is 1. The number of methoxy groups -OCH3 is 1. The van der Waals surface area contributed by atoms with Crippen LogP contribution in [0.5, 0.6) is 5.75 Å². The molecule has 1 aliphatic rings. The number of carbonyl (C=O) groups is 2. The summed E-state index contributed by atoms with van der Waals surface area (Å²) in [6, 6.07) is 17.3. The number of ether oxygens (including phenoxy) is 1. The van der Waals surface area contributed by atoms with Crippen molar-refractivity contribution >= 4 is 17.5 Å². The third-order valence-corrected chi connectivity index (χ3v) is 4.98. The fourth-order valence-corrected chi connectivity index (χ4v) is 3.28. The summed E-state index contributed by atoms with van der Waals surface area (Å²) < 4.78 is 5.07. The Kier molecular flexibility index (Phi) is 7.61. The molecule has 0 radical (unpaired) electrons. The first-order chi connectivity index (χ1) is 14.1. The molecule has 1 aliphatic heterocycles. The second-order valence-electron chi connectivity index (χ2n) is 7.04. The average Bonchev–Trinajstić information content (AvgIpc) is 2.76. The van der Waals surface area contributed by atoms with E-state index in [2.05, 4.69) is 44.7 Å². The molecular weight excluding hydrogens is 368 g/mol. The number of carbonyl (C=O) groups excluding carboxylic acids is 2. The van der Waals surface area contributed by atoms with Gasteiger partial charge in [0.25, 0.3) is 0 Å². The van der Waals surface area contributed by atoms with E-state index in [0.717, 1.165) is 39.3 Å². The molecule has 3 rings (SSSR count). The summed E-state index contributed by atoms with van der Waals surface area (Å²) in [5.41, 5.74) is 1.89. The van der Waals surface area contributed by atoms with Crippen molar-refractivity contribution in [1.29, 1.82) is 0 Å². The molecule has 7 nitrogen and oxygen atoms in total. The lowest BCUT2D eigenvalue weighted by Crippen LogP contribution is -2.48. The highest BCUT2D eigenvalue weighted by molar-refractivity contribution is 6.39. The quantitative estimate of drug-likeness (QED) is 0.695. The number of hydrogen-bond donors (Lipinski definition) is 2. The molecule has 0 spiro atoms. The summed E-state index contributed by atoms with van der Waals surface area (Å²) in [6.45, 7) is 6.08. The molecule has 1 heterocycles. The summed E-state index contributed by atoms with van der Waals surface area (Å²) in [7, 11) is 1.57. The highest BCUT2D eigenvalue weighted by Gasteiger charge is 2.18. The SMILES string of the molecule is COc1ccc(NC(=O)C(=O)NCCN2CCN(Cc3ccccc3)CC2)cc1. The monoisotopic (exact) mass is 396 g/mol. The van der Waals surface area contributed by atoms with Crippen molar-refractivity contribution in [2.24, 2.45) is 0 Å². The van der Waals surface area contributed by atoms with Gasteiger partial charge in [0.1, 0.15) is 5.75 Å². The van der Waals surface area contributed by atoms with Gasteiger partial charge in [-0.15, -0.1) is 0 Å². The van der Waals surface area contributed by atoms with Crippen molar-refractivity contribution in [2.75, 3.05) is 51.7 Å². The summed E-state index contributed by atoms with van der Waals surface area (Å²) in [6.07, 6.45) is 0. The molecule has 2 amide bonds. The van der Waals surface area contributed by atoms with Crippen molar-refractivity contribution < 1.29 is 14.3 Å². The molecule has 0 bridgehead atoms. The van der Waals surface area contributed by atoms with E-state index in [4.69, 9.17) is 4.74 Å². The fourth-order valence-electron chi connectivity index (χ4n) is 3.28.